The summed E-state index contributed by atoms with van der Waals surface area (Å²) in [5.74, 6) is 0.251. The molecule has 1 saturated carbocycles. The van der Waals surface area contributed by atoms with E-state index in [2.05, 4.69) is 15.3 Å². The number of hydrogen-bond donors (Lipinski definition) is 0. The quantitative estimate of drug-likeness (QED) is 0.723. The van der Waals surface area contributed by atoms with Crippen LogP contribution >= 0.6 is 11.3 Å². The molecule has 1 aliphatic rings. The molecule has 2 heterocycles. The van der Waals surface area contributed by atoms with Crippen LogP contribution in [0, 0.1) is 11.6 Å². The molecule has 4 nitrogen and oxygen atoms in total. The number of halogens is 2. The third kappa shape index (κ3) is 1.73. The van der Waals surface area contributed by atoms with E-state index in [0.29, 0.717) is 15.9 Å². The lowest BCUT2D eigenvalue weighted by Crippen LogP contribution is -1.94. The van der Waals surface area contributed by atoms with Crippen molar-refractivity contribution in [2.45, 2.75) is 18.8 Å². The minimum Gasteiger partial charge on any atom is -0.207 e. The third-order valence-electron chi connectivity index (χ3n) is 3.12. The molecule has 3 aromatic rings. The molecule has 1 fully saturated rings. The molecule has 4 rings (SSSR count). The van der Waals surface area contributed by atoms with E-state index in [0.717, 1.165) is 36.9 Å². The first-order valence-corrected chi connectivity index (χ1v) is 6.71. The summed E-state index contributed by atoms with van der Waals surface area (Å²) in [4.78, 5) is 0.612. The van der Waals surface area contributed by atoms with Gasteiger partial charge in [0.05, 0.1) is 5.56 Å². The van der Waals surface area contributed by atoms with E-state index in [-0.39, 0.29) is 5.56 Å². The van der Waals surface area contributed by atoms with Crippen molar-refractivity contribution in [3.8, 4) is 10.6 Å². The maximum Gasteiger partial charge on any atom is 0.234 e. The van der Waals surface area contributed by atoms with Gasteiger partial charge >= 0.3 is 0 Å². The summed E-state index contributed by atoms with van der Waals surface area (Å²) in [6, 6.07) is 3.35. The van der Waals surface area contributed by atoms with Gasteiger partial charge in [0.2, 0.25) is 4.96 Å². The largest absolute Gasteiger partial charge is 0.234 e. The van der Waals surface area contributed by atoms with E-state index >= 15 is 0 Å². The van der Waals surface area contributed by atoms with Crippen LogP contribution in [0.5, 0.6) is 0 Å². The van der Waals surface area contributed by atoms with E-state index in [1.54, 1.807) is 4.52 Å². The van der Waals surface area contributed by atoms with Gasteiger partial charge in [0.25, 0.3) is 0 Å². The molecule has 0 bridgehead atoms. The van der Waals surface area contributed by atoms with Crippen LogP contribution in [-0.4, -0.2) is 19.8 Å². The molecule has 2 aromatic heterocycles. The van der Waals surface area contributed by atoms with Crippen molar-refractivity contribution in [3.05, 3.63) is 35.7 Å². The van der Waals surface area contributed by atoms with Crippen molar-refractivity contribution in [3.63, 3.8) is 0 Å². The predicted molar refractivity (Wildman–Crippen MR) is 66.0 cm³/mol. The molecule has 19 heavy (non-hydrogen) atoms. The van der Waals surface area contributed by atoms with Crippen LogP contribution < -0.4 is 0 Å². The Kier molecular flexibility index (Phi) is 2.20. The Hall–Kier alpha value is -1.89. The predicted octanol–water partition coefficient (Wildman–Crippen LogP) is 3.01. The van der Waals surface area contributed by atoms with Gasteiger partial charge < -0.3 is 0 Å². The smallest absolute Gasteiger partial charge is 0.207 e. The fraction of sp³-hybridized carbons (Fsp3) is 0.250. The molecule has 1 aromatic carbocycles. The standard InChI is InChI=1S/C12H8F2N4S/c13-7-3-4-9(14)8(5-7)11-17-18-10(6-1-2-6)15-16-12(18)19-11/h3-6H,1-2H2. The number of hydrogen-bond acceptors (Lipinski definition) is 4. The summed E-state index contributed by atoms with van der Waals surface area (Å²) in [5.41, 5.74) is 0.164. The van der Waals surface area contributed by atoms with Crippen molar-refractivity contribution in [2.24, 2.45) is 0 Å². The molecule has 96 valence electrons. The molecule has 0 spiro atoms. The van der Waals surface area contributed by atoms with Gasteiger partial charge in [-0.3, -0.25) is 0 Å². The lowest BCUT2D eigenvalue weighted by molar-refractivity contribution is 0.602. The van der Waals surface area contributed by atoms with E-state index in [4.69, 9.17) is 0 Å². The fourth-order valence-corrected chi connectivity index (χ4v) is 2.86. The minimum absolute atomic E-state index is 0.164. The van der Waals surface area contributed by atoms with Gasteiger partial charge in [0.15, 0.2) is 10.8 Å². The fourth-order valence-electron chi connectivity index (χ4n) is 2.00. The van der Waals surface area contributed by atoms with E-state index in [9.17, 15) is 8.78 Å². The molecule has 0 amide bonds. The van der Waals surface area contributed by atoms with Crippen molar-refractivity contribution in [1.82, 2.24) is 19.8 Å². The maximum atomic E-state index is 13.7. The Morgan fingerprint density at radius 1 is 1.21 bits per heavy atom. The second kappa shape index (κ2) is 3.80. The van der Waals surface area contributed by atoms with Crippen LogP contribution in [0.25, 0.3) is 15.5 Å². The van der Waals surface area contributed by atoms with Crippen molar-refractivity contribution in [2.75, 3.05) is 0 Å². The number of nitrogens with zero attached hydrogens (tertiary/aromatic N) is 4. The average molecular weight is 278 g/mol. The highest BCUT2D eigenvalue weighted by molar-refractivity contribution is 7.19. The highest BCUT2D eigenvalue weighted by atomic mass is 32.1. The van der Waals surface area contributed by atoms with E-state index < -0.39 is 11.6 Å². The average Bonchev–Trinajstić information content (AvgIpc) is 3.01. The first-order valence-electron chi connectivity index (χ1n) is 5.90. The van der Waals surface area contributed by atoms with Crippen LogP contribution in [0.15, 0.2) is 18.2 Å². The van der Waals surface area contributed by atoms with Crippen LogP contribution in [0.2, 0.25) is 0 Å². The zero-order valence-electron chi connectivity index (χ0n) is 9.68. The lowest BCUT2D eigenvalue weighted by Gasteiger charge is -1.98. The Bertz CT molecular complexity index is 775. The second-order valence-corrected chi connectivity index (χ2v) is 5.51. The van der Waals surface area contributed by atoms with Gasteiger partial charge in [0, 0.05) is 5.92 Å². The maximum absolute atomic E-state index is 13.7. The van der Waals surface area contributed by atoms with Crippen molar-refractivity contribution >= 4 is 16.3 Å². The number of benzene rings is 1. The number of fused-ring (bicyclic) bond motifs is 1. The molecular weight excluding hydrogens is 270 g/mol. The summed E-state index contributed by atoms with van der Waals surface area (Å²) in [6.07, 6.45) is 2.17. The molecule has 1 aliphatic carbocycles. The van der Waals surface area contributed by atoms with Gasteiger partial charge in [-0.15, -0.1) is 10.2 Å². The lowest BCUT2D eigenvalue weighted by atomic mass is 10.2. The molecule has 0 unspecified atom stereocenters. The first-order chi connectivity index (χ1) is 9.22. The first kappa shape index (κ1) is 11.0. The molecule has 0 radical (unpaired) electrons. The Morgan fingerprint density at radius 3 is 2.84 bits per heavy atom. The number of rotatable bonds is 2. The summed E-state index contributed by atoms with van der Waals surface area (Å²) in [5, 5.41) is 12.8. The van der Waals surface area contributed by atoms with E-state index in [1.165, 1.54) is 11.3 Å². The molecule has 0 atom stereocenters. The highest BCUT2D eigenvalue weighted by Gasteiger charge is 2.30. The van der Waals surface area contributed by atoms with Gasteiger partial charge in [-0.1, -0.05) is 11.3 Å². The molecular formula is C12H8F2N4S. The monoisotopic (exact) mass is 278 g/mol. The molecule has 0 saturated heterocycles. The molecule has 0 aliphatic heterocycles. The summed E-state index contributed by atoms with van der Waals surface area (Å²) < 4.78 is 28.6. The third-order valence-corrected chi connectivity index (χ3v) is 4.05. The van der Waals surface area contributed by atoms with Gasteiger partial charge in [-0.2, -0.15) is 9.61 Å². The molecule has 7 heteroatoms. The van der Waals surface area contributed by atoms with Gasteiger partial charge in [-0.05, 0) is 31.0 Å². The minimum atomic E-state index is -0.487. The summed E-state index contributed by atoms with van der Waals surface area (Å²) in [6.45, 7) is 0. The molecule has 0 N–H and O–H groups in total. The summed E-state index contributed by atoms with van der Waals surface area (Å²) >= 11 is 1.21. The van der Waals surface area contributed by atoms with Crippen LogP contribution in [0.3, 0.4) is 0 Å². The normalized spacial score (nSPS) is 15.3. The Labute approximate surface area is 110 Å². The van der Waals surface area contributed by atoms with Crippen molar-refractivity contribution in [1.29, 1.82) is 0 Å². The Morgan fingerprint density at radius 2 is 2.05 bits per heavy atom. The van der Waals surface area contributed by atoms with E-state index in [1.807, 2.05) is 0 Å². The zero-order valence-corrected chi connectivity index (χ0v) is 10.5. The zero-order chi connectivity index (χ0) is 13.0. The topological polar surface area (TPSA) is 43.1 Å². The highest BCUT2D eigenvalue weighted by Crippen LogP contribution is 2.40. The SMILES string of the molecule is Fc1ccc(F)c(-c2nn3c(C4CC4)nnc3s2)c1. The Balaban J connectivity index is 1.88. The summed E-state index contributed by atoms with van der Waals surface area (Å²) in [7, 11) is 0. The van der Waals surface area contributed by atoms with Crippen LogP contribution in [-0.2, 0) is 0 Å². The van der Waals surface area contributed by atoms with Gasteiger partial charge in [0.1, 0.15) is 11.6 Å². The second-order valence-electron chi connectivity index (χ2n) is 4.56. The van der Waals surface area contributed by atoms with Gasteiger partial charge in [-0.25, -0.2) is 8.78 Å². The van der Waals surface area contributed by atoms with Crippen molar-refractivity contribution < 1.29 is 8.78 Å². The number of aromatic nitrogens is 4. The van der Waals surface area contributed by atoms with Crippen LogP contribution in [0.1, 0.15) is 24.6 Å². The van der Waals surface area contributed by atoms with Crippen LogP contribution in [0.4, 0.5) is 8.78 Å².